The van der Waals surface area contributed by atoms with Crippen LogP contribution in [0.25, 0.3) is 22.2 Å². The van der Waals surface area contributed by atoms with Crippen LogP contribution in [0.15, 0.2) is 46.3 Å². The molecule has 0 aliphatic rings. The number of pyridine rings is 2. The second-order valence-electron chi connectivity index (χ2n) is 7.07. The number of aromatic nitrogens is 4. The van der Waals surface area contributed by atoms with Crippen LogP contribution in [0.1, 0.15) is 6.92 Å². The van der Waals surface area contributed by atoms with Crippen LogP contribution in [0.2, 0.25) is 5.02 Å². The van der Waals surface area contributed by atoms with Gasteiger partial charge in [-0.3, -0.25) is 9.36 Å². The number of anilines is 2. The van der Waals surface area contributed by atoms with Crippen LogP contribution in [0.3, 0.4) is 0 Å². The van der Waals surface area contributed by atoms with E-state index in [1.54, 1.807) is 6.07 Å². The Labute approximate surface area is 202 Å². The maximum atomic E-state index is 15.5. The smallest absolute Gasteiger partial charge is 0.260 e. The van der Waals surface area contributed by atoms with Crippen LogP contribution in [-0.4, -0.2) is 33.2 Å². The molecule has 0 aliphatic carbocycles. The molecule has 0 fully saturated rings. The molecule has 0 spiro atoms. The highest BCUT2D eigenvalue weighted by Gasteiger charge is 2.21. The molecule has 1 aromatic carbocycles. The summed E-state index contributed by atoms with van der Waals surface area (Å²) in [5.74, 6) is -1.17. The summed E-state index contributed by atoms with van der Waals surface area (Å²) < 4.78 is 39.5. The Balaban J connectivity index is 1.76. The van der Waals surface area contributed by atoms with Crippen molar-refractivity contribution in [2.75, 3.05) is 23.7 Å². The van der Waals surface area contributed by atoms with Gasteiger partial charge in [0.25, 0.3) is 5.56 Å². The first-order chi connectivity index (χ1) is 16.3. The van der Waals surface area contributed by atoms with Gasteiger partial charge in [0.05, 0.1) is 33.8 Å². The predicted molar refractivity (Wildman–Crippen MR) is 130 cm³/mol. The number of halogens is 3. The molecule has 0 aliphatic heterocycles. The van der Waals surface area contributed by atoms with Crippen molar-refractivity contribution in [1.82, 2.24) is 19.5 Å². The fourth-order valence-corrected chi connectivity index (χ4v) is 4.30. The van der Waals surface area contributed by atoms with Crippen molar-refractivity contribution in [1.29, 1.82) is 0 Å². The summed E-state index contributed by atoms with van der Waals surface area (Å²) in [6.45, 7) is 2.49. The molecule has 0 unspecified atom stereocenters. The number of fused-ring (bicyclic) bond motifs is 1. The summed E-state index contributed by atoms with van der Waals surface area (Å²) in [5, 5.41) is 3.79. The zero-order valence-corrected chi connectivity index (χ0v) is 19.9. The van der Waals surface area contributed by atoms with E-state index in [1.807, 2.05) is 6.92 Å². The van der Waals surface area contributed by atoms with Crippen molar-refractivity contribution < 1.29 is 13.5 Å². The fraction of sp³-hybridized carbons (Fsp3) is 0.182. The molecule has 0 saturated carbocycles. The van der Waals surface area contributed by atoms with Crippen LogP contribution >= 0.6 is 23.5 Å². The molecule has 3 heterocycles. The molecule has 0 bridgehead atoms. The molecule has 4 aromatic rings. The van der Waals surface area contributed by atoms with E-state index in [-0.39, 0.29) is 17.1 Å². The summed E-state index contributed by atoms with van der Waals surface area (Å²) >= 11 is 6.97. The molecule has 176 valence electrons. The Hall–Kier alpha value is -3.44. The van der Waals surface area contributed by atoms with E-state index in [0.29, 0.717) is 33.4 Å². The van der Waals surface area contributed by atoms with E-state index in [2.05, 4.69) is 25.0 Å². The summed E-state index contributed by atoms with van der Waals surface area (Å²) in [5.41, 5.74) is -0.910. The SMILES string of the molecule is CCNc1ncc2cc(-c3c(F)ccc(NSc4cc(Cl)cnc4OC)c3F)c(=O)n(C)c2n1. The highest BCUT2D eigenvalue weighted by Crippen LogP contribution is 2.35. The molecule has 3 aromatic heterocycles. The van der Waals surface area contributed by atoms with Gasteiger partial charge in [-0.1, -0.05) is 11.6 Å². The standard InChI is InChI=1S/C22H19ClF2N6O2S/c1-4-26-22-28-9-11-7-13(21(32)31(2)19(11)29-22)17-14(24)5-6-15(18(17)25)30-34-16-8-12(23)10-27-20(16)33-3/h5-10,30H,4H2,1-3H3,(H,26,28,29). The third kappa shape index (κ3) is 4.48. The van der Waals surface area contributed by atoms with Gasteiger partial charge >= 0.3 is 0 Å². The van der Waals surface area contributed by atoms with Crippen molar-refractivity contribution in [2.45, 2.75) is 11.8 Å². The van der Waals surface area contributed by atoms with Gasteiger partial charge in [-0.05, 0) is 43.1 Å². The van der Waals surface area contributed by atoms with E-state index in [9.17, 15) is 9.18 Å². The number of nitrogens with one attached hydrogen (secondary N) is 2. The number of rotatable bonds is 7. The lowest BCUT2D eigenvalue weighted by molar-refractivity contribution is 0.387. The minimum atomic E-state index is -0.928. The van der Waals surface area contributed by atoms with Gasteiger partial charge in [0, 0.05) is 31.4 Å². The number of hydrogen-bond acceptors (Lipinski definition) is 8. The molecule has 0 atom stereocenters. The lowest BCUT2D eigenvalue weighted by Gasteiger charge is -2.14. The molecule has 0 saturated heterocycles. The first-order valence-corrected chi connectivity index (χ1v) is 11.2. The number of hydrogen-bond donors (Lipinski definition) is 2. The zero-order valence-electron chi connectivity index (χ0n) is 18.3. The molecule has 34 heavy (non-hydrogen) atoms. The van der Waals surface area contributed by atoms with Crippen LogP contribution in [0.4, 0.5) is 20.4 Å². The Kier molecular flexibility index (Phi) is 6.85. The fourth-order valence-electron chi connectivity index (χ4n) is 3.29. The highest BCUT2D eigenvalue weighted by molar-refractivity contribution is 8.00. The van der Waals surface area contributed by atoms with Crippen LogP contribution in [0.5, 0.6) is 5.88 Å². The molecule has 8 nitrogen and oxygen atoms in total. The number of ether oxygens (including phenoxy) is 1. The van der Waals surface area contributed by atoms with Crippen molar-refractivity contribution in [3.8, 4) is 17.0 Å². The number of methoxy groups -OCH3 is 1. The van der Waals surface area contributed by atoms with Crippen LogP contribution in [-0.2, 0) is 7.05 Å². The second kappa shape index (κ2) is 9.82. The third-order valence-corrected chi connectivity index (χ3v) is 5.93. The lowest BCUT2D eigenvalue weighted by atomic mass is 10.0. The third-order valence-electron chi connectivity index (χ3n) is 4.89. The van der Waals surface area contributed by atoms with E-state index >= 15 is 4.39 Å². The summed E-state index contributed by atoms with van der Waals surface area (Å²) in [7, 11) is 2.93. The topological polar surface area (TPSA) is 94.0 Å². The van der Waals surface area contributed by atoms with E-state index in [4.69, 9.17) is 16.3 Å². The minimum Gasteiger partial charge on any atom is -0.480 e. The van der Waals surface area contributed by atoms with Gasteiger partial charge in [-0.2, -0.15) is 4.98 Å². The molecular weight excluding hydrogens is 486 g/mol. The molecule has 0 radical (unpaired) electrons. The van der Waals surface area contributed by atoms with Crippen molar-refractivity contribution in [3.05, 3.63) is 63.7 Å². The second-order valence-corrected chi connectivity index (χ2v) is 8.36. The molecule has 0 amide bonds. The Morgan fingerprint density at radius 2 is 2.00 bits per heavy atom. The summed E-state index contributed by atoms with van der Waals surface area (Å²) in [6.07, 6.45) is 2.91. The first kappa shape index (κ1) is 23.7. The van der Waals surface area contributed by atoms with Crippen LogP contribution in [0, 0.1) is 11.6 Å². The van der Waals surface area contributed by atoms with Gasteiger partial charge < -0.3 is 14.8 Å². The molecule has 12 heteroatoms. The number of benzene rings is 1. The highest BCUT2D eigenvalue weighted by atomic mass is 35.5. The Morgan fingerprint density at radius 3 is 2.74 bits per heavy atom. The van der Waals surface area contributed by atoms with Gasteiger partial charge in [-0.15, -0.1) is 0 Å². The maximum Gasteiger partial charge on any atom is 0.260 e. The minimum absolute atomic E-state index is 0.0377. The van der Waals surface area contributed by atoms with E-state index < -0.39 is 22.8 Å². The van der Waals surface area contributed by atoms with Crippen molar-refractivity contribution >= 4 is 46.2 Å². The van der Waals surface area contributed by atoms with Gasteiger partial charge in [-0.25, -0.2) is 18.7 Å². The quantitative estimate of drug-likeness (QED) is 0.344. The normalized spacial score (nSPS) is 11.0. The number of aryl methyl sites for hydroxylation is 1. The number of nitrogens with zero attached hydrogens (tertiary/aromatic N) is 4. The average Bonchev–Trinajstić information content (AvgIpc) is 2.82. The van der Waals surface area contributed by atoms with E-state index in [0.717, 1.165) is 18.0 Å². The molecule has 4 rings (SSSR count). The van der Waals surface area contributed by atoms with Gasteiger partial charge in [0.2, 0.25) is 11.8 Å². The monoisotopic (exact) mass is 504 g/mol. The Morgan fingerprint density at radius 1 is 1.21 bits per heavy atom. The van der Waals surface area contributed by atoms with Gasteiger partial charge in [0.1, 0.15) is 11.5 Å². The molecule has 2 N–H and O–H groups in total. The van der Waals surface area contributed by atoms with Crippen molar-refractivity contribution in [3.63, 3.8) is 0 Å². The maximum absolute atomic E-state index is 15.5. The first-order valence-electron chi connectivity index (χ1n) is 10.1. The lowest BCUT2D eigenvalue weighted by Crippen LogP contribution is -2.21. The molecular formula is C22H19ClF2N6O2S. The predicted octanol–water partition coefficient (Wildman–Crippen LogP) is 4.88. The van der Waals surface area contributed by atoms with Crippen molar-refractivity contribution in [2.24, 2.45) is 7.05 Å². The summed E-state index contributed by atoms with van der Waals surface area (Å²) in [6, 6.07) is 5.30. The van der Waals surface area contributed by atoms with Gasteiger partial charge in [0.15, 0.2) is 5.82 Å². The average molecular weight is 505 g/mol. The largest absolute Gasteiger partial charge is 0.480 e. The zero-order chi connectivity index (χ0) is 24.4. The van der Waals surface area contributed by atoms with E-state index in [1.165, 1.54) is 43.3 Å². The Bertz CT molecular complexity index is 1450. The summed E-state index contributed by atoms with van der Waals surface area (Å²) in [4.78, 5) is 26.1. The van der Waals surface area contributed by atoms with Crippen LogP contribution < -0.4 is 20.3 Å².